The number of fused-ring (bicyclic) bond motifs is 4. The summed E-state index contributed by atoms with van der Waals surface area (Å²) in [4.78, 5) is 27.7. The molecule has 184 valence electrons. The van der Waals surface area contributed by atoms with Crippen LogP contribution in [0.4, 0.5) is 15.0 Å². The van der Waals surface area contributed by atoms with Crippen LogP contribution < -0.4 is 10.2 Å². The number of thiophene rings is 1. The number of rotatable bonds is 4. The Bertz CT molecular complexity index is 1430. The van der Waals surface area contributed by atoms with Gasteiger partial charge in [-0.05, 0) is 61.2 Å². The molecule has 2 amide bonds. The van der Waals surface area contributed by atoms with Crippen LogP contribution in [0.2, 0.25) is 5.02 Å². The number of nitrogens with one attached hydrogen (secondary N) is 1. The van der Waals surface area contributed by atoms with Crippen molar-refractivity contribution in [2.75, 3.05) is 18.0 Å². The number of hydrogen-bond acceptors (Lipinski definition) is 5. The van der Waals surface area contributed by atoms with Gasteiger partial charge in [-0.2, -0.15) is 0 Å². The van der Waals surface area contributed by atoms with Crippen LogP contribution in [0.5, 0.6) is 0 Å². The molecule has 4 aromatic rings. The third kappa shape index (κ3) is 4.29. The third-order valence-corrected chi connectivity index (χ3v) is 8.58. The molecule has 2 aromatic carbocycles. The Morgan fingerprint density at radius 1 is 1.11 bits per heavy atom. The summed E-state index contributed by atoms with van der Waals surface area (Å²) in [6, 6.07) is 16.3. The van der Waals surface area contributed by atoms with E-state index in [-0.39, 0.29) is 30.0 Å². The molecule has 7 rings (SSSR count). The van der Waals surface area contributed by atoms with Crippen LogP contribution in [0.1, 0.15) is 31.4 Å². The first-order valence-corrected chi connectivity index (χ1v) is 13.3. The van der Waals surface area contributed by atoms with Gasteiger partial charge in [0.2, 0.25) is 0 Å². The predicted molar refractivity (Wildman–Crippen MR) is 142 cm³/mol. The molecule has 5 heterocycles. The van der Waals surface area contributed by atoms with Crippen molar-refractivity contribution in [3.05, 3.63) is 77.3 Å². The summed E-state index contributed by atoms with van der Waals surface area (Å²) in [5.41, 5.74) is 2.83. The number of carbonyl (C=O) groups excluding carboxylic acids is 1. The van der Waals surface area contributed by atoms with Crippen LogP contribution in [-0.4, -0.2) is 46.1 Å². The predicted octanol–water partition coefficient (Wildman–Crippen LogP) is 6.27. The summed E-state index contributed by atoms with van der Waals surface area (Å²) in [6.07, 6.45) is 3.60. The fourth-order valence-corrected chi connectivity index (χ4v) is 6.59. The maximum Gasteiger partial charge on any atom is 0.318 e. The molecule has 2 bridgehead atoms. The molecule has 9 heteroatoms. The van der Waals surface area contributed by atoms with E-state index in [0.29, 0.717) is 11.6 Å². The van der Waals surface area contributed by atoms with E-state index in [9.17, 15) is 9.18 Å². The maximum absolute atomic E-state index is 13.4. The van der Waals surface area contributed by atoms with E-state index in [1.165, 1.54) is 12.1 Å². The highest BCUT2D eigenvalue weighted by molar-refractivity contribution is 7.22. The lowest BCUT2D eigenvalue weighted by atomic mass is 9.91. The highest BCUT2D eigenvalue weighted by atomic mass is 35.5. The van der Waals surface area contributed by atoms with E-state index in [1.807, 2.05) is 42.2 Å². The first kappa shape index (κ1) is 23.2. The second-order valence-electron chi connectivity index (χ2n) is 9.45. The van der Waals surface area contributed by atoms with Crippen LogP contribution in [0.15, 0.2) is 60.9 Å². The molecule has 1 N–H and O–H groups in total. The molecule has 0 saturated carbocycles. The van der Waals surface area contributed by atoms with Crippen LogP contribution in [0.25, 0.3) is 20.7 Å². The van der Waals surface area contributed by atoms with Crippen LogP contribution in [-0.2, 0) is 0 Å². The largest absolute Gasteiger partial charge is 0.348 e. The SMILES string of the molecule is C[C@H](NC(=O)N1CC2CCC1CN2c1ncnc2cc(-c3ccc(F)cc3)sc12)c1cccc(Cl)c1. The fourth-order valence-electron chi connectivity index (χ4n) is 5.27. The molecule has 6 nitrogen and oxygen atoms in total. The van der Waals surface area contributed by atoms with E-state index in [0.717, 1.165) is 51.4 Å². The zero-order valence-electron chi connectivity index (χ0n) is 19.7. The molecule has 3 atom stereocenters. The molecule has 2 unspecified atom stereocenters. The molecule has 0 aliphatic carbocycles. The van der Waals surface area contributed by atoms with Gasteiger partial charge in [-0.15, -0.1) is 11.3 Å². The maximum atomic E-state index is 13.4. The van der Waals surface area contributed by atoms with E-state index in [4.69, 9.17) is 11.6 Å². The number of aromatic nitrogens is 2. The van der Waals surface area contributed by atoms with Gasteiger partial charge in [0.05, 0.1) is 22.3 Å². The number of halogens is 2. The first-order chi connectivity index (χ1) is 17.5. The average molecular weight is 522 g/mol. The van der Waals surface area contributed by atoms with Gasteiger partial charge < -0.3 is 15.1 Å². The zero-order valence-corrected chi connectivity index (χ0v) is 21.3. The van der Waals surface area contributed by atoms with Gasteiger partial charge in [0.1, 0.15) is 18.0 Å². The topological polar surface area (TPSA) is 61.4 Å². The summed E-state index contributed by atoms with van der Waals surface area (Å²) in [6.45, 7) is 3.37. The van der Waals surface area contributed by atoms with Gasteiger partial charge in [-0.1, -0.05) is 35.9 Å². The summed E-state index contributed by atoms with van der Waals surface area (Å²) < 4.78 is 14.4. The van der Waals surface area contributed by atoms with Gasteiger partial charge in [0.15, 0.2) is 0 Å². The van der Waals surface area contributed by atoms with Crippen LogP contribution >= 0.6 is 22.9 Å². The number of piperidine rings is 2. The Labute approximate surface area is 217 Å². The molecule has 3 fully saturated rings. The van der Waals surface area contributed by atoms with Crippen molar-refractivity contribution >= 4 is 45.0 Å². The molecule has 2 aromatic heterocycles. The minimum absolute atomic E-state index is 0.0422. The number of piperazine rings is 1. The van der Waals surface area contributed by atoms with Crippen LogP contribution in [0, 0.1) is 5.82 Å². The number of nitrogens with zero attached hydrogens (tertiary/aromatic N) is 4. The van der Waals surface area contributed by atoms with Crippen LogP contribution in [0.3, 0.4) is 0 Å². The first-order valence-electron chi connectivity index (χ1n) is 12.1. The molecule has 0 spiro atoms. The Balaban J connectivity index is 1.21. The molecule has 3 aliphatic heterocycles. The van der Waals surface area contributed by atoms with Crippen molar-refractivity contribution in [3.63, 3.8) is 0 Å². The lowest BCUT2D eigenvalue weighted by Gasteiger charge is -2.51. The minimum Gasteiger partial charge on any atom is -0.348 e. The lowest BCUT2D eigenvalue weighted by molar-refractivity contribution is 0.113. The molecular formula is C27H25ClFN5OS. The molecule has 3 aliphatic rings. The summed E-state index contributed by atoms with van der Waals surface area (Å²) >= 11 is 7.76. The number of carbonyl (C=O) groups is 1. The van der Waals surface area contributed by atoms with Crippen molar-refractivity contribution in [2.24, 2.45) is 0 Å². The monoisotopic (exact) mass is 521 g/mol. The molecule has 3 saturated heterocycles. The second-order valence-corrected chi connectivity index (χ2v) is 10.9. The van der Waals surface area contributed by atoms with Gasteiger partial charge in [-0.3, -0.25) is 0 Å². The quantitative estimate of drug-likeness (QED) is 0.343. The van der Waals surface area contributed by atoms with Gasteiger partial charge in [0, 0.05) is 29.0 Å². The van der Waals surface area contributed by atoms with Crippen molar-refractivity contribution in [3.8, 4) is 10.4 Å². The standard InChI is InChI=1S/C27H25ClFN5OS/c1-16(18-3-2-4-19(28)11-18)32-27(35)34-14-21-9-10-22(34)13-33(21)26-25-23(30-15-31-26)12-24(36-25)17-5-7-20(29)8-6-17/h2-8,11-12,15-16,21-22H,9-10,13-14H2,1H3,(H,32,35)/t16-,21?,22?/m0/s1. The van der Waals surface area contributed by atoms with E-state index >= 15 is 0 Å². The van der Waals surface area contributed by atoms with Crippen molar-refractivity contribution < 1.29 is 9.18 Å². The number of anilines is 1. The molecular weight excluding hydrogens is 497 g/mol. The van der Waals surface area contributed by atoms with Gasteiger partial charge in [-0.25, -0.2) is 19.2 Å². The average Bonchev–Trinajstić information content (AvgIpc) is 3.34. The smallest absolute Gasteiger partial charge is 0.318 e. The fraction of sp³-hybridized carbons (Fsp3) is 0.296. The van der Waals surface area contributed by atoms with E-state index in [2.05, 4.69) is 20.2 Å². The van der Waals surface area contributed by atoms with E-state index in [1.54, 1.807) is 29.8 Å². The lowest BCUT2D eigenvalue weighted by Crippen LogP contribution is -2.65. The molecule has 0 radical (unpaired) electrons. The number of urea groups is 1. The summed E-state index contributed by atoms with van der Waals surface area (Å²) in [7, 11) is 0. The normalized spacial score (nSPS) is 20.1. The van der Waals surface area contributed by atoms with Crippen molar-refractivity contribution in [1.82, 2.24) is 20.2 Å². The zero-order chi connectivity index (χ0) is 24.8. The van der Waals surface area contributed by atoms with Crippen molar-refractivity contribution in [2.45, 2.75) is 37.9 Å². The third-order valence-electron chi connectivity index (χ3n) is 7.17. The summed E-state index contributed by atoms with van der Waals surface area (Å²) in [5.74, 6) is 0.667. The van der Waals surface area contributed by atoms with E-state index < -0.39 is 0 Å². The Kier molecular flexibility index (Phi) is 6.01. The Morgan fingerprint density at radius 2 is 1.92 bits per heavy atom. The molecule has 36 heavy (non-hydrogen) atoms. The number of benzene rings is 2. The highest BCUT2D eigenvalue weighted by Crippen LogP contribution is 2.40. The van der Waals surface area contributed by atoms with Gasteiger partial charge in [0.25, 0.3) is 0 Å². The summed E-state index contributed by atoms with van der Waals surface area (Å²) in [5, 5.41) is 3.81. The minimum atomic E-state index is -0.250. The number of hydrogen-bond donors (Lipinski definition) is 1. The van der Waals surface area contributed by atoms with Gasteiger partial charge >= 0.3 is 6.03 Å². The number of amides is 2. The second kappa shape index (κ2) is 9.33. The highest BCUT2D eigenvalue weighted by Gasteiger charge is 2.42. The Hall–Kier alpha value is -3.23. The Morgan fingerprint density at radius 3 is 2.67 bits per heavy atom. The van der Waals surface area contributed by atoms with Crippen molar-refractivity contribution in [1.29, 1.82) is 0 Å².